The van der Waals surface area contributed by atoms with E-state index in [1.165, 1.54) is 18.1 Å². The van der Waals surface area contributed by atoms with E-state index >= 15 is 0 Å². The fraction of sp³-hybridized carbons (Fsp3) is 0.261. The zero-order valence-electron chi connectivity index (χ0n) is 16.1. The Labute approximate surface area is 156 Å². The van der Waals surface area contributed by atoms with E-state index in [4.69, 9.17) is 4.74 Å². The molecular formula is C23H27NO2. The third-order valence-corrected chi connectivity index (χ3v) is 4.06. The maximum Gasteiger partial charge on any atom is 0.167 e. The highest BCUT2D eigenvalue weighted by Gasteiger charge is 2.18. The number of benzene rings is 1. The van der Waals surface area contributed by atoms with Gasteiger partial charge in [0.1, 0.15) is 12.4 Å². The minimum Gasteiger partial charge on any atom is -0.486 e. The lowest BCUT2D eigenvalue weighted by atomic mass is 10.0. The molecule has 0 bridgehead atoms. The second kappa shape index (κ2) is 9.04. The van der Waals surface area contributed by atoms with Crippen LogP contribution in [0.2, 0.25) is 0 Å². The van der Waals surface area contributed by atoms with Crippen LogP contribution < -0.4 is 4.74 Å². The Morgan fingerprint density at radius 1 is 1.35 bits per heavy atom. The SMILES string of the molecule is C=Cc1[nH]c2c(c1/C=C\C)C=CCc1cc(OCC(C)=O)ccc1-2.CC. The molecule has 0 fully saturated rings. The van der Waals surface area contributed by atoms with Gasteiger partial charge in [-0.2, -0.15) is 0 Å². The molecule has 1 heterocycles. The summed E-state index contributed by atoms with van der Waals surface area (Å²) in [5.41, 5.74) is 6.79. The highest BCUT2D eigenvalue weighted by molar-refractivity contribution is 5.86. The largest absolute Gasteiger partial charge is 0.486 e. The number of ketones is 1. The molecule has 0 atom stereocenters. The third kappa shape index (κ3) is 4.05. The summed E-state index contributed by atoms with van der Waals surface area (Å²) in [6.07, 6.45) is 11.1. The Bertz CT molecular complexity index is 853. The van der Waals surface area contributed by atoms with E-state index in [9.17, 15) is 4.79 Å². The van der Waals surface area contributed by atoms with Crippen molar-refractivity contribution in [1.29, 1.82) is 0 Å². The first-order valence-corrected chi connectivity index (χ1v) is 9.07. The number of Topliss-reactive ketones (excluding diaryl/α,β-unsaturated/α-hetero) is 1. The molecule has 0 spiro atoms. The van der Waals surface area contributed by atoms with Gasteiger partial charge < -0.3 is 9.72 Å². The van der Waals surface area contributed by atoms with Crippen LogP contribution in [-0.4, -0.2) is 17.4 Å². The van der Waals surface area contributed by atoms with Crippen molar-refractivity contribution in [3.63, 3.8) is 0 Å². The minimum atomic E-state index is 0.0168. The quantitative estimate of drug-likeness (QED) is 0.728. The van der Waals surface area contributed by atoms with Gasteiger partial charge in [0.05, 0.1) is 5.69 Å². The molecule has 3 nitrogen and oxygen atoms in total. The molecule has 0 saturated carbocycles. The number of fused-ring (bicyclic) bond motifs is 3. The van der Waals surface area contributed by atoms with Crippen molar-refractivity contribution in [2.45, 2.75) is 34.1 Å². The first-order chi connectivity index (χ1) is 12.6. The van der Waals surface area contributed by atoms with Gasteiger partial charge in [0.25, 0.3) is 0 Å². The fourth-order valence-corrected chi connectivity index (χ4v) is 3.00. The molecule has 3 rings (SSSR count). The minimum absolute atomic E-state index is 0.0168. The first kappa shape index (κ1) is 19.5. The molecule has 1 aromatic heterocycles. The van der Waals surface area contributed by atoms with Gasteiger partial charge in [-0.15, -0.1) is 0 Å². The lowest BCUT2D eigenvalue weighted by Gasteiger charge is -2.10. The summed E-state index contributed by atoms with van der Waals surface area (Å²) >= 11 is 0. The van der Waals surface area contributed by atoms with Gasteiger partial charge in [-0.1, -0.05) is 44.7 Å². The average Bonchev–Trinajstić information content (AvgIpc) is 2.89. The Kier molecular flexibility index (Phi) is 6.79. The number of rotatable bonds is 5. The van der Waals surface area contributed by atoms with Crippen LogP contribution >= 0.6 is 0 Å². The molecule has 1 aliphatic carbocycles. The number of H-pyrrole nitrogens is 1. The summed E-state index contributed by atoms with van der Waals surface area (Å²) in [5, 5.41) is 0. The van der Waals surface area contributed by atoms with Gasteiger partial charge in [-0.3, -0.25) is 4.79 Å². The number of allylic oxidation sites excluding steroid dienone is 2. The van der Waals surface area contributed by atoms with E-state index in [0.29, 0.717) is 0 Å². The van der Waals surface area contributed by atoms with E-state index in [1.54, 1.807) is 0 Å². The summed E-state index contributed by atoms with van der Waals surface area (Å²) in [6.45, 7) is 11.6. The maximum atomic E-state index is 11.1. The molecule has 1 aromatic carbocycles. The van der Waals surface area contributed by atoms with Crippen molar-refractivity contribution in [1.82, 2.24) is 4.98 Å². The second-order valence-corrected chi connectivity index (χ2v) is 5.86. The molecule has 0 amide bonds. The normalized spacial score (nSPS) is 11.8. The molecule has 1 N–H and O–H groups in total. The van der Waals surface area contributed by atoms with Crippen molar-refractivity contribution < 1.29 is 9.53 Å². The molecule has 0 radical (unpaired) electrons. The summed E-state index contributed by atoms with van der Waals surface area (Å²) in [7, 11) is 0. The molecule has 26 heavy (non-hydrogen) atoms. The predicted molar refractivity (Wildman–Crippen MR) is 111 cm³/mol. The van der Waals surface area contributed by atoms with E-state index in [-0.39, 0.29) is 12.4 Å². The highest BCUT2D eigenvalue weighted by Crippen LogP contribution is 2.37. The van der Waals surface area contributed by atoms with Crippen LogP contribution in [0, 0.1) is 0 Å². The van der Waals surface area contributed by atoms with Crippen LogP contribution in [0.5, 0.6) is 5.75 Å². The zero-order chi connectivity index (χ0) is 19.1. The highest BCUT2D eigenvalue weighted by atomic mass is 16.5. The van der Waals surface area contributed by atoms with Gasteiger partial charge in [0.2, 0.25) is 0 Å². The molecule has 2 aromatic rings. The number of carbonyl (C=O) groups excluding carboxylic acids is 1. The number of aromatic nitrogens is 1. The lowest BCUT2D eigenvalue weighted by molar-refractivity contribution is -0.118. The summed E-state index contributed by atoms with van der Waals surface area (Å²) in [4.78, 5) is 14.6. The maximum absolute atomic E-state index is 11.1. The van der Waals surface area contributed by atoms with E-state index < -0.39 is 0 Å². The van der Waals surface area contributed by atoms with Crippen LogP contribution in [0.3, 0.4) is 0 Å². The van der Waals surface area contributed by atoms with E-state index in [2.05, 4.69) is 35.9 Å². The van der Waals surface area contributed by atoms with E-state index in [1.807, 2.05) is 45.1 Å². The predicted octanol–water partition coefficient (Wildman–Crippen LogP) is 5.92. The van der Waals surface area contributed by atoms with Crippen molar-refractivity contribution in [2.24, 2.45) is 0 Å². The van der Waals surface area contributed by atoms with Crippen LogP contribution in [0.1, 0.15) is 50.1 Å². The van der Waals surface area contributed by atoms with Gasteiger partial charge in [0, 0.05) is 22.4 Å². The molecule has 136 valence electrons. The first-order valence-electron chi connectivity index (χ1n) is 9.07. The third-order valence-electron chi connectivity index (χ3n) is 4.06. The Balaban J connectivity index is 0.00000117. The van der Waals surface area contributed by atoms with Crippen LogP contribution in [0.25, 0.3) is 29.5 Å². The summed E-state index contributed by atoms with van der Waals surface area (Å²) < 4.78 is 5.54. The van der Waals surface area contributed by atoms with Crippen molar-refractivity contribution >= 4 is 24.0 Å². The summed E-state index contributed by atoms with van der Waals surface area (Å²) in [6, 6.07) is 5.99. The smallest absolute Gasteiger partial charge is 0.167 e. The lowest BCUT2D eigenvalue weighted by Crippen LogP contribution is -2.06. The van der Waals surface area contributed by atoms with Crippen molar-refractivity contribution in [3.05, 3.63) is 59.3 Å². The van der Waals surface area contributed by atoms with E-state index in [0.717, 1.165) is 34.7 Å². The standard InChI is InChI=1S/C21H21NO2.C2H6/c1-4-7-18-19-9-6-8-15-12-16(24-13-14(3)23)10-11-17(15)21(19)22-20(18)5-2;1-2/h4-7,9-12,22H,2,8,13H2,1,3H3;1-2H3/b7-4-;. The van der Waals surface area contributed by atoms with Crippen LogP contribution in [0.4, 0.5) is 0 Å². The Hall–Kier alpha value is -2.81. The molecule has 1 aliphatic rings. The molecule has 0 aliphatic heterocycles. The molecule has 0 saturated heterocycles. The van der Waals surface area contributed by atoms with Crippen molar-refractivity contribution in [2.75, 3.05) is 6.61 Å². The number of nitrogens with one attached hydrogen (secondary N) is 1. The molecule has 3 heteroatoms. The Morgan fingerprint density at radius 3 is 2.77 bits per heavy atom. The zero-order valence-corrected chi connectivity index (χ0v) is 16.1. The van der Waals surface area contributed by atoms with Crippen molar-refractivity contribution in [3.8, 4) is 17.0 Å². The number of carbonyl (C=O) groups is 1. The number of ether oxygens (including phenoxy) is 1. The summed E-state index contributed by atoms with van der Waals surface area (Å²) in [5.74, 6) is 0.744. The van der Waals surface area contributed by atoms with Gasteiger partial charge in [0.15, 0.2) is 5.78 Å². The van der Waals surface area contributed by atoms with Gasteiger partial charge in [-0.05, 0) is 50.1 Å². The average molecular weight is 349 g/mol. The number of aromatic amines is 1. The number of hydrogen-bond donors (Lipinski definition) is 1. The Morgan fingerprint density at radius 2 is 2.12 bits per heavy atom. The van der Waals surface area contributed by atoms with Crippen LogP contribution in [0.15, 0.2) is 36.9 Å². The van der Waals surface area contributed by atoms with Gasteiger partial charge in [-0.25, -0.2) is 0 Å². The molecular weight excluding hydrogens is 322 g/mol. The van der Waals surface area contributed by atoms with Gasteiger partial charge >= 0.3 is 0 Å². The second-order valence-electron chi connectivity index (χ2n) is 5.86. The number of hydrogen-bond acceptors (Lipinski definition) is 2. The van der Waals surface area contributed by atoms with Crippen LogP contribution in [-0.2, 0) is 11.2 Å². The topological polar surface area (TPSA) is 42.1 Å². The monoisotopic (exact) mass is 349 g/mol. The fourth-order valence-electron chi connectivity index (χ4n) is 3.00. The molecule has 0 unspecified atom stereocenters.